The standard InChI is InChI=1S/C21H21NO/c1-2-3-14-22-19-15-20(17-10-6-4-7-11-17)23-21(16-19)18-12-8-5-9-13-18/h4-13,15-16H,2-3,14H2,1H3/p+1. The third-order valence-corrected chi connectivity index (χ3v) is 3.77. The van der Waals surface area contributed by atoms with Gasteiger partial charge < -0.3 is 4.42 Å². The van der Waals surface area contributed by atoms with E-state index in [1.807, 2.05) is 36.4 Å². The van der Waals surface area contributed by atoms with Gasteiger partial charge in [0.05, 0.1) is 12.1 Å². The van der Waals surface area contributed by atoms with Gasteiger partial charge in [0.25, 0.3) is 0 Å². The van der Waals surface area contributed by atoms with Gasteiger partial charge in [0.2, 0.25) is 5.36 Å². The highest BCUT2D eigenvalue weighted by molar-refractivity contribution is 5.62. The number of rotatable bonds is 5. The Kier molecular flexibility index (Phi) is 5.05. The largest absolute Gasteiger partial charge is 0.456 e. The van der Waals surface area contributed by atoms with E-state index in [1.54, 1.807) is 0 Å². The lowest BCUT2D eigenvalue weighted by Crippen LogP contribution is -2.76. The fraction of sp³-hybridized carbons (Fsp3) is 0.190. The van der Waals surface area contributed by atoms with E-state index in [2.05, 4.69) is 48.3 Å². The van der Waals surface area contributed by atoms with E-state index >= 15 is 0 Å². The van der Waals surface area contributed by atoms with Crippen molar-refractivity contribution in [2.75, 3.05) is 6.54 Å². The fourth-order valence-electron chi connectivity index (χ4n) is 2.50. The molecule has 0 fully saturated rings. The first-order chi connectivity index (χ1) is 11.4. The number of hydrogen-bond donors (Lipinski definition) is 1. The van der Waals surface area contributed by atoms with Gasteiger partial charge in [-0.3, -0.25) is 0 Å². The Hall–Kier alpha value is -2.61. The molecule has 0 amide bonds. The van der Waals surface area contributed by atoms with Crippen molar-refractivity contribution in [2.24, 2.45) is 0 Å². The molecule has 2 nitrogen and oxygen atoms in total. The molecule has 1 aromatic heterocycles. The summed E-state index contributed by atoms with van der Waals surface area (Å²) in [7, 11) is 0. The summed E-state index contributed by atoms with van der Waals surface area (Å²) in [5, 5.41) is 1.10. The van der Waals surface area contributed by atoms with Gasteiger partial charge in [0, 0.05) is 17.5 Å². The predicted molar refractivity (Wildman–Crippen MR) is 93.5 cm³/mol. The van der Waals surface area contributed by atoms with Gasteiger partial charge in [0.15, 0.2) is 0 Å². The van der Waals surface area contributed by atoms with Crippen LogP contribution in [0.1, 0.15) is 19.8 Å². The molecule has 0 aliphatic carbocycles. The van der Waals surface area contributed by atoms with E-state index in [9.17, 15) is 0 Å². The van der Waals surface area contributed by atoms with Gasteiger partial charge in [-0.1, -0.05) is 74.0 Å². The van der Waals surface area contributed by atoms with Crippen molar-refractivity contribution in [3.8, 4) is 22.6 Å². The van der Waals surface area contributed by atoms with Crippen molar-refractivity contribution in [2.45, 2.75) is 19.8 Å². The van der Waals surface area contributed by atoms with Gasteiger partial charge in [-0.25, -0.2) is 4.99 Å². The molecule has 0 radical (unpaired) electrons. The average molecular weight is 304 g/mol. The molecule has 2 aromatic carbocycles. The van der Waals surface area contributed by atoms with Crippen molar-refractivity contribution in [1.29, 1.82) is 0 Å². The summed E-state index contributed by atoms with van der Waals surface area (Å²) < 4.78 is 6.16. The Morgan fingerprint density at radius 2 is 1.30 bits per heavy atom. The topological polar surface area (TPSA) is 27.1 Å². The van der Waals surface area contributed by atoms with Gasteiger partial charge in [0.1, 0.15) is 18.1 Å². The van der Waals surface area contributed by atoms with Crippen LogP contribution < -0.4 is 10.3 Å². The Labute approximate surface area is 137 Å². The number of benzene rings is 2. The van der Waals surface area contributed by atoms with Gasteiger partial charge >= 0.3 is 0 Å². The second kappa shape index (κ2) is 7.59. The summed E-state index contributed by atoms with van der Waals surface area (Å²) in [6.07, 6.45) is 2.34. The van der Waals surface area contributed by atoms with Crippen molar-refractivity contribution >= 4 is 0 Å². The van der Waals surface area contributed by atoms with Gasteiger partial charge in [-0.05, 0) is 0 Å². The third kappa shape index (κ3) is 3.98. The fourth-order valence-corrected chi connectivity index (χ4v) is 2.50. The molecular formula is C21H22NO+. The molecular weight excluding hydrogens is 282 g/mol. The average Bonchev–Trinajstić information content (AvgIpc) is 2.63. The molecule has 0 bridgehead atoms. The number of nitrogens with one attached hydrogen (secondary N) is 1. The number of unbranched alkanes of at least 4 members (excludes halogenated alkanes) is 1. The molecule has 0 aliphatic rings. The van der Waals surface area contributed by atoms with E-state index in [4.69, 9.17) is 4.42 Å². The summed E-state index contributed by atoms with van der Waals surface area (Å²) in [4.78, 5) is 3.51. The van der Waals surface area contributed by atoms with E-state index in [-0.39, 0.29) is 0 Å². The highest BCUT2D eigenvalue weighted by atomic mass is 16.3. The zero-order valence-electron chi connectivity index (χ0n) is 13.5. The van der Waals surface area contributed by atoms with E-state index in [1.165, 1.54) is 6.42 Å². The van der Waals surface area contributed by atoms with Crippen LogP contribution in [0.25, 0.3) is 22.6 Å². The van der Waals surface area contributed by atoms with Crippen LogP contribution in [0.3, 0.4) is 0 Å². The van der Waals surface area contributed by atoms with Crippen LogP contribution in [0.2, 0.25) is 0 Å². The van der Waals surface area contributed by atoms with Crippen LogP contribution in [-0.2, 0) is 0 Å². The maximum Gasteiger partial charge on any atom is 0.205 e. The van der Waals surface area contributed by atoms with Gasteiger partial charge in [-0.15, -0.1) is 0 Å². The predicted octanol–water partition coefficient (Wildman–Crippen LogP) is 3.40. The summed E-state index contributed by atoms with van der Waals surface area (Å²) in [6.45, 7) is 3.18. The first-order valence-electron chi connectivity index (χ1n) is 8.19. The van der Waals surface area contributed by atoms with Crippen molar-refractivity contribution in [3.05, 3.63) is 78.2 Å². The Morgan fingerprint density at radius 1 is 0.783 bits per heavy atom. The van der Waals surface area contributed by atoms with Crippen LogP contribution in [0.5, 0.6) is 0 Å². The summed E-state index contributed by atoms with van der Waals surface area (Å²) in [5.41, 5.74) is 2.17. The highest BCUT2D eigenvalue weighted by Crippen LogP contribution is 2.24. The molecule has 0 saturated carbocycles. The molecule has 2 heteroatoms. The Bertz CT molecular complexity index is 743. The molecule has 116 valence electrons. The van der Waals surface area contributed by atoms with Gasteiger partial charge in [-0.2, -0.15) is 0 Å². The second-order valence-electron chi connectivity index (χ2n) is 5.59. The summed E-state index contributed by atoms with van der Waals surface area (Å²) in [6, 6.07) is 24.6. The molecule has 0 unspecified atom stereocenters. The SMILES string of the molecule is CCCC[NH+]=c1cc(-c2ccccc2)oc(-c2ccccc2)c1. The van der Waals surface area contributed by atoms with Crippen LogP contribution >= 0.6 is 0 Å². The zero-order valence-corrected chi connectivity index (χ0v) is 13.5. The molecule has 1 heterocycles. The molecule has 3 rings (SSSR count). The van der Waals surface area contributed by atoms with Crippen LogP contribution in [0.15, 0.2) is 77.2 Å². The molecule has 0 aliphatic heterocycles. The third-order valence-electron chi connectivity index (χ3n) is 3.77. The van der Waals surface area contributed by atoms with Crippen molar-refractivity contribution < 1.29 is 9.41 Å². The molecule has 0 atom stereocenters. The molecule has 1 N–H and O–H groups in total. The monoisotopic (exact) mass is 304 g/mol. The number of hydrogen-bond acceptors (Lipinski definition) is 1. The van der Waals surface area contributed by atoms with E-state index in [0.29, 0.717) is 0 Å². The minimum atomic E-state index is 0.881. The maximum atomic E-state index is 6.16. The maximum absolute atomic E-state index is 6.16. The Morgan fingerprint density at radius 3 is 1.78 bits per heavy atom. The van der Waals surface area contributed by atoms with Crippen LogP contribution in [0, 0.1) is 0 Å². The first-order valence-corrected chi connectivity index (χ1v) is 8.19. The lowest BCUT2D eigenvalue weighted by Gasteiger charge is -2.04. The molecule has 0 saturated heterocycles. The quantitative estimate of drug-likeness (QED) is 0.719. The van der Waals surface area contributed by atoms with Crippen LogP contribution in [-0.4, -0.2) is 6.54 Å². The molecule has 3 aromatic rings. The lowest BCUT2D eigenvalue weighted by atomic mass is 10.1. The smallest absolute Gasteiger partial charge is 0.205 e. The highest BCUT2D eigenvalue weighted by Gasteiger charge is 2.08. The van der Waals surface area contributed by atoms with Crippen molar-refractivity contribution in [1.82, 2.24) is 0 Å². The zero-order chi connectivity index (χ0) is 15.9. The second-order valence-corrected chi connectivity index (χ2v) is 5.59. The van der Waals surface area contributed by atoms with E-state index in [0.717, 1.165) is 41.0 Å². The summed E-state index contributed by atoms with van der Waals surface area (Å²) in [5.74, 6) is 1.76. The van der Waals surface area contributed by atoms with Crippen LogP contribution in [0.4, 0.5) is 0 Å². The Balaban J connectivity index is 2.09. The molecule has 0 spiro atoms. The minimum Gasteiger partial charge on any atom is -0.456 e. The minimum absolute atomic E-state index is 0.881. The normalized spacial score (nSPS) is 10.5. The van der Waals surface area contributed by atoms with Crippen molar-refractivity contribution in [3.63, 3.8) is 0 Å². The molecule has 23 heavy (non-hydrogen) atoms. The first kappa shape index (κ1) is 15.3. The lowest BCUT2D eigenvalue weighted by molar-refractivity contribution is -0.500. The van der Waals surface area contributed by atoms with E-state index < -0.39 is 0 Å². The summed E-state index contributed by atoms with van der Waals surface area (Å²) >= 11 is 0.